The second kappa shape index (κ2) is 7.64. The lowest BCUT2D eigenvalue weighted by molar-refractivity contribution is 0.0702. The Morgan fingerprint density at radius 2 is 1.89 bits per heavy atom. The highest BCUT2D eigenvalue weighted by atomic mass is 32.2. The Labute approximate surface area is 159 Å². The van der Waals surface area contributed by atoms with Crippen LogP contribution in [0.25, 0.3) is 0 Å². The van der Waals surface area contributed by atoms with Gasteiger partial charge in [-0.15, -0.1) is 0 Å². The first-order chi connectivity index (χ1) is 12.8. The maximum absolute atomic E-state index is 12.7. The first kappa shape index (κ1) is 19.3. The van der Waals surface area contributed by atoms with Crippen LogP contribution in [-0.4, -0.2) is 53.3 Å². The Kier molecular flexibility index (Phi) is 5.46. The number of hydrogen-bond acceptors (Lipinski definition) is 6. The molecule has 0 aliphatic carbocycles. The normalized spacial score (nSPS) is 18.3. The first-order valence-electron chi connectivity index (χ1n) is 8.96. The molecule has 1 aliphatic rings. The number of benzene rings is 1. The molecule has 8 heteroatoms. The monoisotopic (exact) mass is 388 g/mol. The van der Waals surface area contributed by atoms with Crippen LogP contribution in [0.2, 0.25) is 0 Å². The number of carbonyl (C=O) groups is 1. The summed E-state index contributed by atoms with van der Waals surface area (Å²) in [5, 5.41) is 3.18. The molecule has 3 rings (SSSR count). The van der Waals surface area contributed by atoms with E-state index < -0.39 is 9.84 Å². The van der Waals surface area contributed by atoms with Crippen LogP contribution in [0.3, 0.4) is 0 Å². The number of anilines is 2. The SMILES string of the molecule is CCN(C(=O)c1cnc(Nc2cc(C)cc(C)c2)cn1)C1CCS(=O)(=O)C1. The van der Waals surface area contributed by atoms with Gasteiger partial charge in [0, 0.05) is 18.3 Å². The van der Waals surface area contributed by atoms with Gasteiger partial charge in [0.2, 0.25) is 0 Å². The van der Waals surface area contributed by atoms with Gasteiger partial charge in [-0.05, 0) is 50.5 Å². The maximum Gasteiger partial charge on any atom is 0.274 e. The minimum atomic E-state index is -3.05. The highest BCUT2D eigenvalue weighted by Gasteiger charge is 2.34. The Bertz CT molecular complexity index is 922. The standard InChI is InChI=1S/C19H24N4O3S/c1-4-23(16-5-6-27(25,26)12-16)19(24)17-10-21-18(11-20-17)22-15-8-13(2)7-14(3)9-15/h7-11,16H,4-6,12H2,1-3H3,(H,21,22). The molecule has 1 unspecified atom stereocenters. The van der Waals surface area contributed by atoms with E-state index in [0.717, 1.165) is 16.8 Å². The number of nitrogens with one attached hydrogen (secondary N) is 1. The number of aryl methyl sites for hydroxylation is 2. The van der Waals surface area contributed by atoms with E-state index >= 15 is 0 Å². The molecule has 0 bridgehead atoms. The molecule has 1 aromatic carbocycles. The molecule has 144 valence electrons. The van der Waals surface area contributed by atoms with Crippen molar-refractivity contribution < 1.29 is 13.2 Å². The number of sulfone groups is 1. The molecule has 1 fully saturated rings. The summed E-state index contributed by atoms with van der Waals surface area (Å²) in [4.78, 5) is 22.8. The summed E-state index contributed by atoms with van der Waals surface area (Å²) >= 11 is 0. The molecular weight excluding hydrogens is 364 g/mol. The third-order valence-electron chi connectivity index (χ3n) is 4.62. The van der Waals surface area contributed by atoms with Crippen molar-refractivity contribution >= 4 is 27.2 Å². The van der Waals surface area contributed by atoms with E-state index in [1.807, 2.05) is 32.9 Å². The molecule has 1 aromatic heterocycles. The molecule has 0 saturated carbocycles. The number of aromatic nitrogens is 2. The van der Waals surface area contributed by atoms with E-state index in [0.29, 0.717) is 18.8 Å². The Morgan fingerprint density at radius 1 is 1.19 bits per heavy atom. The topological polar surface area (TPSA) is 92.3 Å². The average molecular weight is 388 g/mol. The highest BCUT2D eigenvalue weighted by Crippen LogP contribution is 2.20. The van der Waals surface area contributed by atoms with Gasteiger partial charge in [-0.2, -0.15) is 0 Å². The van der Waals surface area contributed by atoms with Crippen molar-refractivity contribution in [3.63, 3.8) is 0 Å². The van der Waals surface area contributed by atoms with Crippen LogP contribution in [0.4, 0.5) is 11.5 Å². The second-order valence-corrected chi connectivity index (χ2v) is 9.17. The fraction of sp³-hybridized carbons (Fsp3) is 0.421. The fourth-order valence-corrected chi connectivity index (χ4v) is 5.16. The van der Waals surface area contributed by atoms with E-state index in [4.69, 9.17) is 0 Å². The van der Waals surface area contributed by atoms with Gasteiger partial charge < -0.3 is 10.2 Å². The largest absolute Gasteiger partial charge is 0.339 e. The lowest BCUT2D eigenvalue weighted by atomic mass is 10.1. The van der Waals surface area contributed by atoms with Crippen molar-refractivity contribution in [3.05, 3.63) is 47.4 Å². The maximum atomic E-state index is 12.7. The van der Waals surface area contributed by atoms with Gasteiger partial charge in [0.15, 0.2) is 9.84 Å². The summed E-state index contributed by atoms with van der Waals surface area (Å²) in [6.45, 7) is 6.32. The number of nitrogens with zero attached hydrogens (tertiary/aromatic N) is 3. The lowest BCUT2D eigenvalue weighted by Gasteiger charge is -2.26. The summed E-state index contributed by atoms with van der Waals surface area (Å²) in [7, 11) is -3.05. The van der Waals surface area contributed by atoms with Crippen LogP contribution in [0.15, 0.2) is 30.6 Å². The smallest absolute Gasteiger partial charge is 0.274 e. The summed E-state index contributed by atoms with van der Waals surface area (Å²) in [5.74, 6) is 0.409. The molecule has 2 heterocycles. The molecule has 1 atom stereocenters. The Hall–Kier alpha value is -2.48. The van der Waals surface area contributed by atoms with Crippen LogP contribution in [0.1, 0.15) is 35.0 Å². The second-order valence-electron chi connectivity index (χ2n) is 6.94. The molecule has 7 nitrogen and oxygen atoms in total. The van der Waals surface area contributed by atoms with Gasteiger partial charge in [-0.25, -0.2) is 18.4 Å². The fourth-order valence-electron chi connectivity index (χ4n) is 3.43. The Balaban J connectivity index is 1.73. The third kappa shape index (κ3) is 4.63. The molecule has 1 N–H and O–H groups in total. The van der Waals surface area contributed by atoms with Crippen molar-refractivity contribution in [2.45, 2.75) is 33.2 Å². The average Bonchev–Trinajstić information content (AvgIpc) is 2.95. The number of carbonyl (C=O) groups excluding carboxylic acids is 1. The number of rotatable bonds is 5. The minimum Gasteiger partial charge on any atom is -0.339 e. The van der Waals surface area contributed by atoms with Crippen LogP contribution in [0.5, 0.6) is 0 Å². The Morgan fingerprint density at radius 3 is 2.41 bits per heavy atom. The zero-order chi connectivity index (χ0) is 19.6. The summed E-state index contributed by atoms with van der Waals surface area (Å²) in [5.41, 5.74) is 3.41. The molecule has 1 aliphatic heterocycles. The number of amides is 1. The van der Waals surface area contributed by atoms with Crippen molar-refractivity contribution in [2.75, 3.05) is 23.4 Å². The van der Waals surface area contributed by atoms with Gasteiger partial charge >= 0.3 is 0 Å². The van der Waals surface area contributed by atoms with Gasteiger partial charge in [0.1, 0.15) is 11.5 Å². The van der Waals surface area contributed by atoms with Crippen LogP contribution in [-0.2, 0) is 9.84 Å². The van der Waals surface area contributed by atoms with Crippen LogP contribution >= 0.6 is 0 Å². The van der Waals surface area contributed by atoms with E-state index in [1.165, 1.54) is 12.4 Å². The van der Waals surface area contributed by atoms with E-state index in [9.17, 15) is 13.2 Å². The highest BCUT2D eigenvalue weighted by molar-refractivity contribution is 7.91. The van der Waals surface area contributed by atoms with Gasteiger partial charge in [0.25, 0.3) is 5.91 Å². The van der Waals surface area contributed by atoms with Crippen molar-refractivity contribution in [3.8, 4) is 0 Å². The molecule has 27 heavy (non-hydrogen) atoms. The predicted molar refractivity (Wildman–Crippen MR) is 105 cm³/mol. The third-order valence-corrected chi connectivity index (χ3v) is 6.37. The van der Waals surface area contributed by atoms with Crippen molar-refractivity contribution in [1.29, 1.82) is 0 Å². The quantitative estimate of drug-likeness (QED) is 0.846. The molecule has 0 radical (unpaired) electrons. The summed E-state index contributed by atoms with van der Waals surface area (Å²) in [6.07, 6.45) is 3.42. The van der Waals surface area contributed by atoms with Crippen LogP contribution < -0.4 is 5.32 Å². The summed E-state index contributed by atoms with van der Waals surface area (Å²) in [6, 6.07) is 5.81. The van der Waals surface area contributed by atoms with Gasteiger partial charge in [0.05, 0.1) is 23.9 Å². The first-order valence-corrected chi connectivity index (χ1v) is 10.8. The zero-order valence-electron chi connectivity index (χ0n) is 15.8. The minimum absolute atomic E-state index is 0.0202. The van der Waals surface area contributed by atoms with E-state index in [1.54, 1.807) is 4.90 Å². The van der Waals surface area contributed by atoms with Gasteiger partial charge in [-0.1, -0.05) is 6.07 Å². The van der Waals surface area contributed by atoms with Gasteiger partial charge in [-0.3, -0.25) is 4.79 Å². The zero-order valence-corrected chi connectivity index (χ0v) is 16.6. The molecule has 1 amide bonds. The molecule has 1 saturated heterocycles. The summed E-state index contributed by atoms with van der Waals surface area (Å²) < 4.78 is 23.4. The van der Waals surface area contributed by atoms with Crippen LogP contribution in [0, 0.1) is 13.8 Å². The molecule has 0 spiro atoms. The molecular formula is C19H24N4O3S. The number of hydrogen-bond donors (Lipinski definition) is 1. The predicted octanol–water partition coefficient (Wildman–Crippen LogP) is 2.49. The lowest BCUT2D eigenvalue weighted by Crippen LogP contribution is -2.41. The van der Waals surface area contributed by atoms with Crippen molar-refractivity contribution in [2.24, 2.45) is 0 Å². The van der Waals surface area contributed by atoms with Crippen molar-refractivity contribution in [1.82, 2.24) is 14.9 Å². The molecule has 2 aromatic rings. The van der Waals surface area contributed by atoms with E-state index in [2.05, 4.69) is 21.4 Å². The van der Waals surface area contributed by atoms with E-state index in [-0.39, 0.29) is 29.1 Å².